The number of nitrogens with two attached hydrogens (primary N) is 1. The van der Waals surface area contributed by atoms with Gasteiger partial charge >= 0.3 is 6.36 Å². The summed E-state index contributed by atoms with van der Waals surface area (Å²) < 4.78 is 41.1. The van der Waals surface area contributed by atoms with Gasteiger partial charge in [0.2, 0.25) is 0 Å². The molecule has 0 fully saturated rings. The van der Waals surface area contributed by atoms with Gasteiger partial charge in [0, 0.05) is 18.9 Å². The molecule has 0 aliphatic heterocycles. The number of rotatable bonds is 3. The molecule has 21 heavy (non-hydrogen) atoms. The van der Waals surface area contributed by atoms with E-state index in [1.54, 1.807) is 7.05 Å². The molecule has 0 aliphatic carbocycles. The van der Waals surface area contributed by atoms with E-state index < -0.39 is 12.3 Å². The van der Waals surface area contributed by atoms with Crippen LogP contribution in [0, 0.1) is 0 Å². The smallest absolute Gasteiger partial charge is 0.406 e. The average Bonchev–Trinajstić information content (AvgIpc) is 2.69. The molecule has 6 nitrogen and oxygen atoms in total. The number of amides is 1. The van der Waals surface area contributed by atoms with E-state index in [2.05, 4.69) is 15.2 Å². The zero-order valence-corrected chi connectivity index (χ0v) is 10.8. The monoisotopic (exact) mass is 300 g/mol. The minimum atomic E-state index is -4.76. The number of anilines is 2. The number of alkyl halides is 3. The fourth-order valence-electron chi connectivity index (χ4n) is 1.61. The molecule has 1 aromatic heterocycles. The maximum Gasteiger partial charge on any atom is 0.573 e. The van der Waals surface area contributed by atoms with Crippen LogP contribution in [0.4, 0.5) is 24.5 Å². The summed E-state index contributed by atoms with van der Waals surface area (Å²) >= 11 is 0. The van der Waals surface area contributed by atoms with Gasteiger partial charge in [0.25, 0.3) is 5.91 Å². The Balaban J connectivity index is 2.07. The molecule has 112 valence electrons. The summed E-state index contributed by atoms with van der Waals surface area (Å²) in [6.45, 7) is 0. The summed E-state index contributed by atoms with van der Waals surface area (Å²) in [6.07, 6.45) is -3.29. The summed E-state index contributed by atoms with van der Waals surface area (Å²) in [6, 6.07) is 4.73. The molecule has 2 aromatic rings. The third-order valence-corrected chi connectivity index (χ3v) is 2.42. The standard InChI is InChI=1S/C12H11F3N4O2/c1-19-6-9(16)10(18-19)11(20)17-7-2-4-8(5-3-7)21-12(13,14)15/h2-6H,16H2,1H3,(H,17,20). The van der Waals surface area contributed by atoms with Gasteiger partial charge in [-0.2, -0.15) is 5.10 Å². The topological polar surface area (TPSA) is 82.2 Å². The lowest BCUT2D eigenvalue weighted by Gasteiger charge is -2.09. The number of benzene rings is 1. The minimum absolute atomic E-state index is 0.0353. The van der Waals surface area contributed by atoms with Crippen molar-refractivity contribution in [3.8, 4) is 5.75 Å². The lowest BCUT2D eigenvalue weighted by Crippen LogP contribution is -2.17. The number of hydrogen-bond acceptors (Lipinski definition) is 4. The van der Waals surface area contributed by atoms with Crippen LogP contribution >= 0.6 is 0 Å². The van der Waals surface area contributed by atoms with Gasteiger partial charge in [-0.3, -0.25) is 9.48 Å². The van der Waals surface area contributed by atoms with Gasteiger partial charge in [-0.05, 0) is 24.3 Å². The van der Waals surface area contributed by atoms with Crippen LogP contribution in [0.3, 0.4) is 0 Å². The Labute approximate surface area is 117 Å². The molecule has 2 rings (SSSR count). The van der Waals surface area contributed by atoms with E-state index in [0.29, 0.717) is 5.69 Å². The fraction of sp³-hybridized carbons (Fsp3) is 0.167. The fourth-order valence-corrected chi connectivity index (χ4v) is 1.61. The molecule has 9 heteroatoms. The van der Waals surface area contributed by atoms with Crippen molar-refractivity contribution < 1.29 is 22.7 Å². The number of halogens is 3. The number of aromatic nitrogens is 2. The van der Waals surface area contributed by atoms with Crippen molar-refractivity contribution >= 4 is 17.3 Å². The van der Waals surface area contributed by atoms with Crippen LogP contribution < -0.4 is 15.8 Å². The van der Waals surface area contributed by atoms with Gasteiger partial charge in [0.15, 0.2) is 5.69 Å². The van der Waals surface area contributed by atoms with Crippen LogP contribution in [0.5, 0.6) is 5.75 Å². The summed E-state index contributed by atoms with van der Waals surface area (Å²) in [5.74, 6) is -0.935. The normalized spacial score (nSPS) is 11.2. The summed E-state index contributed by atoms with van der Waals surface area (Å²) in [5.41, 5.74) is 6.13. The Morgan fingerprint density at radius 1 is 1.33 bits per heavy atom. The van der Waals surface area contributed by atoms with Crippen molar-refractivity contribution in [2.75, 3.05) is 11.1 Å². The minimum Gasteiger partial charge on any atom is -0.406 e. The van der Waals surface area contributed by atoms with Gasteiger partial charge in [-0.25, -0.2) is 0 Å². The Hall–Kier alpha value is -2.71. The number of aryl methyl sites for hydroxylation is 1. The molecule has 0 unspecified atom stereocenters. The van der Waals surface area contributed by atoms with Crippen molar-refractivity contribution in [1.29, 1.82) is 0 Å². The van der Waals surface area contributed by atoms with E-state index in [0.717, 1.165) is 12.1 Å². The first-order valence-corrected chi connectivity index (χ1v) is 5.71. The number of hydrogen-bond donors (Lipinski definition) is 2. The predicted molar refractivity (Wildman–Crippen MR) is 68.7 cm³/mol. The molecule has 1 aromatic carbocycles. The first-order chi connectivity index (χ1) is 9.74. The van der Waals surface area contributed by atoms with E-state index >= 15 is 0 Å². The van der Waals surface area contributed by atoms with Crippen LogP contribution in [0.1, 0.15) is 10.5 Å². The average molecular weight is 300 g/mol. The molecule has 0 radical (unpaired) electrons. The summed E-state index contributed by atoms with van der Waals surface area (Å²) in [5, 5.41) is 6.35. The van der Waals surface area contributed by atoms with Gasteiger partial charge in [-0.1, -0.05) is 0 Å². The van der Waals surface area contributed by atoms with Crippen LogP contribution in [0.25, 0.3) is 0 Å². The van der Waals surface area contributed by atoms with Crippen LogP contribution in [0.2, 0.25) is 0 Å². The quantitative estimate of drug-likeness (QED) is 0.910. The second-order valence-electron chi connectivity index (χ2n) is 4.13. The predicted octanol–water partition coefficient (Wildman–Crippen LogP) is 2.15. The van der Waals surface area contributed by atoms with E-state index in [1.807, 2.05) is 0 Å². The zero-order chi connectivity index (χ0) is 15.6. The summed E-state index contributed by atoms with van der Waals surface area (Å²) in [4.78, 5) is 11.9. The first-order valence-electron chi connectivity index (χ1n) is 5.71. The maximum atomic E-state index is 12.0. The molecule has 0 atom stereocenters. The molecular weight excluding hydrogens is 289 g/mol. The molecule has 0 aliphatic rings. The number of carbonyl (C=O) groups is 1. The zero-order valence-electron chi connectivity index (χ0n) is 10.8. The SMILES string of the molecule is Cn1cc(N)c(C(=O)Nc2ccc(OC(F)(F)F)cc2)n1. The molecule has 0 spiro atoms. The highest BCUT2D eigenvalue weighted by atomic mass is 19.4. The van der Waals surface area contributed by atoms with Crippen molar-refractivity contribution in [1.82, 2.24) is 9.78 Å². The maximum absolute atomic E-state index is 12.0. The Morgan fingerprint density at radius 2 is 1.95 bits per heavy atom. The molecule has 3 N–H and O–H groups in total. The van der Waals surface area contributed by atoms with Gasteiger partial charge < -0.3 is 15.8 Å². The second kappa shape index (κ2) is 5.35. The third kappa shape index (κ3) is 3.88. The van der Waals surface area contributed by atoms with Crippen molar-refractivity contribution in [2.24, 2.45) is 7.05 Å². The Morgan fingerprint density at radius 3 is 2.43 bits per heavy atom. The number of nitrogens with zero attached hydrogens (tertiary/aromatic N) is 2. The van der Waals surface area contributed by atoms with Gasteiger partial charge in [0.05, 0.1) is 5.69 Å². The van der Waals surface area contributed by atoms with Gasteiger partial charge in [0.1, 0.15) is 5.75 Å². The van der Waals surface area contributed by atoms with E-state index in [4.69, 9.17) is 5.73 Å². The molecule has 0 bridgehead atoms. The Kier molecular flexibility index (Phi) is 3.74. The first kappa shape index (κ1) is 14.7. The third-order valence-electron chi connectivity index (χ3n) is 2.42. The molecule has 1 amide bonds. The molecule has 0 saturated carbocycles. The number of nitrogens with one attached hydrogen (secondary N) is 1. The van der Waals surface area contributed by atoms with Crippen molar-refractivity contribution in [3.05, 3.63) is 36.2 Å². The van der Waals surface area contributed by atoms with Crippen molar-refractivity contribution in [2.45, 2.75) is 6.36 Å². The highest BCUT2D eigenvalue weighted by molar-refractivity contribution is 6.06. The lowest BCUT2D eigenvalue weighted by atomic mass is 10.3. The lowest BCUT2D eigenvalue weighted by molar-refractivity contribution is -0.274. The highest BCUT2D eigenvalue weighted by Crippen LogP contribution is 2.24. The van der Waals surface area contributed by atoms with Crippen LogP contribution in [-0.2, 0) is 7.05 Å². The Bertz CT molecular complexity index is 650. The molecule has 0 saturated heterocycles. The largest absolute Gasteiger partial charge is 0.573 e. The van der Waals surface area contributed by atoms with E-state index in [1.165, 1.54) is 23.0 Å². The van der Waals surface area contributed by atoms with E-state index in [-0.39, 0.29) is 17.1 Å². The summed E-state index contributed by atoms with van der Waals surface area (Å²) in [7, 11) is 1.61. The second-order valence-corrected chi connectivity index (χ2v) is 4.13. The molecular formula is C12H11F3N4O2. The van der Waals surface area contributed by atoms with Gasteiger partial charge in [-0.15, -0.1) is 13.2 Å². The van der Waals surface area contributed by atoms with Crippen molar-refractivity contribution in [3.63, 3.8) is 0 Å². The highest BCUT2D eigenvalue weighted by Gasteiger charge is 2.31. The van der Waals surface area contributed by atoms with Crippen LogP contribution in [-0.4, -0.2) is 22.1 Å². The number of nitrogen functional groups attached to an aromatic ring is 1. The number of ether oxygens (including phenoxy) is 1. The van der Waals surface area contributed by atoms with E-state index in [9.17, 15) is 18.0 Å². The van der Waals surface area contributed by atoms with Crippen LogP contribution in [0.15, 0.2) is 30.5 Å². The number of carbonyl (C=O) groups excluding carboxylic acids is 1. The molecule has 1 heterocycles.